The highest BCUT2D eigenvalue weighted by atomic mass is 79.9. The lowest BCUT2D eigenvalue weighted by molar-refractivity contribution is 0.565. The van der Waals surface area contributed by atoms with Gasteiger partial charge in [-0.25, -0.2) is 8.78 Å². The van der Waals surface area contributed by atoms with Gasteiger partial charge in [0.15, 0.2) is 0 Å². The maximum atomic E-state index is 13.4. The Hall–Kier alpha value is -1.26. The Balaban J connectivity index is 2.46. The van der Waals surface area contributed by atoms with Gasteiger partial charge in [0.05, 0.1) is 6.04 Å². The fourth-order valence-electron chi connectivity index (χ4n) is 2.16. The molecule has 1 nitrogen and oxygen atoms in total. The molecule has 0 radical (unpaired) electrons. The third-order valence-electron chi connectivity index (χ3n) is 3.16. The highest BCUT2D eigenvalue weighted by molar-refractivity contribution is 9.10. The van der Waals surface area contributed by atoms with Crippen LogP contribution in [0.15, 0.2) is 40.9 Å². The topological polar surface area (TPSA) is 12.0 Å². The Morgan fingerprint density at radius 1 is 1.05 bits per heavy atom. The van der Waals surface area contributed by atoms with E-state index in [1.165, 1.54) is 12.1 Å². The standard InChI is InChI=1S/C16H16BrF2N/c1-3-20-16(11-5-4-10(2)15(17)8-11)12-6-13(18)9-14(19)7-12/h4-9,16,20H,3H2,1-2H3. The number of halogens is 3. The molecule has 0 aliphatic rings. The van der Waals surface area contributed by atoms with Crippen LogP contribution < -0.4 is 5.32 Å². The second-order valence-electron chi connectivity index (χ2n) is 4.70. The van der Waals surface area contributed by atoms with Gasteiger partial charge in [-0.15, -0.1) is 0 Å². The molecule has 1 atom stereocenters. The molecule has 0 spiro atoms. The molecule has 1 unspecified atom stereocenters. The van der Waals surface area contributed by atoms with Crippen LogP contribution in [0.4, 0.5) is 8.78 Å². The molecule has 0 aliphatic heterocycles. The van der Waals surface area contributed by atoms with E-state index in [-0.39, 0.29) is 6.04 Å². The van der Waals surface area contributed by atoms with Crippen LogP contribution in [0.25, 0.3) is 0 Å². The fourth-order valence-corrected chi connectivity index (χ4v) is 2.56. The lowest BCUT2D eigenvalue weighted by Gasteiger charge is -2.20. The molecule has 106 valence electrons. The lowest BCUT2D eigenvalue weighted by Crippen LogP contribution is -2.22. The van der Waals surface area contributed by atoms with Gasteiger partial charge in [0, 0.05) is 10.5 Å². The van der Waals surface area contributed by atoms with Crippen molar-refractivity contribution in [3.8, 4) is 0 Å². The maximum Gasteiger partial charge on any atom is 0.126 e. The number of benzene rings is 2. The highest BCUT2D eigenvalue weighted by Gasteiger charge is 2.15. The summed E-state index contributed by atoms with van der Waals surface area (Å²) in [7, 11) is 0. The highest BCUT2D eigenvalue weighted by Crippen LogP contribution is 2.27. The first-order valence-electron chi connectivity index (χ1n) is 6.46. The van der Waals surface area contributed by atoms with E-state index < -0.39 is 11.6 Å². The first-order chi connectivity index (χ1) is 9.51. The monoisotopic (exact) mass is 339 g/mol. The second kappa shape index (κ2) is 6.46. The van der Waals surface area contributed by atoms with Gasteiger partial charge in [-0.2, -0.15) is 0 Å². The molecule has 4 heteroatoms. The quantitative estimate of drug-likeness (QED) is 0.848. The van der Waals surface area contributed by atoms with E-state index in [0.29, 0.717) is 12.1 Å². The van der Waals surface area contributed by atoms with Crippen molar-refractivity contribution < 1.29 is 8.78 Å². The van der Waals surface area contributed by atoms with Crippen molar-refractivity contribution in [2.24, 2.45) is 0 Å². The van der Waals surface area contributed by atoms with Crippen molar-refractivity contribution in [3.05, 3.63) is 69.2 Å². The molecular formula is C16H16BrF2N. The minimum Gasteiger partial charge on any atom is -0.307 e. The summed E-state index contributed by atoms with van der Waals surface area (Å²) in [6, 6.07) is 9.31. The minimum absolute atomic E-state index is 0.234. The fraction of sp³-hybridized carbons (Fsp3) is 0.250. The molecule has 0 heterocycles. The van der Waals surface area contributed by atoms with Crippen molar-refractivity contribution in [2.45, 2.75) is 19.9 Å². The van der Waals surface area contributed by atoms with Crippen molar-refractivity contribution in [1.82, 2.24) is 5.32 Å². The van der Waals surface area contributed by atoms with Crippen LogP contribution in [0.5, 0.6) is 0 Å². The Labute approximate surface area is 126 Å². The Morgan fingerprint density at radius 2 is 1.70 bits per heavy atom. The number of hydrogen-bond acceptors (Lipinski definition) is 1. The summed E-state index contributed by atoms with van der Waals surface area (Å²) < 4.78 is 27.8. The van der Waals surface area contributed by atoms with Gasteiger partial charge in [0.1, 0.15) is 11.6 Å². The Kier molecular flexibility index (Phi) is 4.89. The SMILES string of the molecule is CCNC(c1cc(F)cc(F)c1)c1ccc(C)c(Br)c1. The van der Waals surface area contributed by atoms with E-state index in [4.69, 9.17) is 0 Å². The summed E-state index contributed by atoms with van der Waals surface area (Å²) in [5.41, 5.74) is 2.67. The van der Waals surface area contributed by atoms with E-state index in [1.807, 2.05) is 32.0 Å². The minimum atomic E-state index is -0.561. The van der Waals surface area contributed by atoms with E-state index in [0.717, 1.165) is 21.7 Å². The summed E-state index contributed by atoms with van der Waals surface area (Å²) in [4.78, 5) is 0. The number of aryl methyl sites for hydroxylation is 1. The van der Waals surface area contributed by atoms with E-state index in [1.54, 1.807) is 0 Å². The zero-order valence-electron chi connectivity index (χ0n) is 11.4. The largest absolute Gasteiger partial charge is 0.307 e. The Bertz CT molecular complexity index is 593. The van der Waals surface area contributed by atoms with Crippen LogP contribution in [0.1, 0.15) is 29.7 Å². The summed E-state index contributed by atoms with van der Waals surface area (Å²) in [5, 5.41) is 3.26. The van der Waals surface area contributed by atoms with E-state index >= 15 is 0 Å². The molecule has 20 heavy (non-hydrogen) atoms. The molecule has 0 saturated carbocycles. The molecule has 0 aliphatic carbocycles. The molecule has 0 bridgehead atoms. The van der Waals surface area contributed by atoms with Gasteiger partial charge in [-0.1, -0.05) is 35.0 Å². The van der Waals surface area contributed by atoms with Gasteiger partial charge in [-0.05, 0) is 48.4 Å². The van der Waals surface area contributed by atoms with Crippen molar-refractivity contribution in [3.63, 3.8) is 0 Å². The third-order valence-corrected chi connectivity index (χ3v) is 4.01. The smallest absolute Gasteiger partial charge is 0.126 e. The predicted molar refractivity (Wildman–Crippen MR) is 80.8 cm³/mol. The maximum absolute atomic E-state index is 13.4. The van der Waals surface area contributed by atoms with Gasteiger partial charge in [0.2, 0.25) is 0 Å². The van der Waals surface area contributed by atoms with Gasteiger partial charge >= 0.3 is 0 Å². The summed E-state index contributed by atoms with van der Waals surface area (Å²) in [6.07, 6.45) is 0. The van der Waals surface area contributed by atoms with Crippen LogP contribution in [0, 0.1) is 18.6 Å². The van der Waals surface area contributed by atoms with Gasteiger partial charge in [-0.3, -0.25) is 0 Å². The van der Waals surface area contributed by atoms with Crippen molar-refractivity contribution in [2.75, 3.05) is 6.54 Å². The summed E-state index contributed by atoms with van der Waals surface area (Å²) >= 11 is 3.49. The zero-order valence-corrected chi connectivity index (χ0v) is 13.0. The first kappa shape index (κ1) is 15.1. The third kappa shape index (κ3) is 3.44. The lowest BCUT2D eigenvalue weighted by atomic mass is 9.97. The molecule has 0 aromatic heterocycles. The molecule has 0 saturated heterocycles. The van der Waals surface area contributed by atoms with Crippen molar-refractivity contribution >= 4 is 15.9 Å². The van der Waals surface area contributed by atoms with Gasteiger partial charge < -0.3 is 5.32 Å². The average Bonchev–Trinajstić information content (AvgIpc) is 2.38. The van der Waals surface area contributed by atoms with Crippen LogP contribution in [-0.2, 0) is 0 Å². The number of rotatable bonds is 4. The van der Waals surface area contributed by atoms with Crippen LogP contribution in [0.3, 0.4) is 0 Å². The molecule has 2 rings (SSSR count). The Morgan fingerprint density at radius 3 is 2.25 bits per heavy atom. The average molecular weight is 340 g/mol. The normalized spacial score (nSPS) is 12.4. The van der Waals surface area contributed by atoms with Crippen LogP contribution in [0.2, 0.25) is 0 Å². The summed E-state index contributed by atoms with van der Waals surface area (Å²) in [6.45, 7) is 4.66. The van der Waals surface area contributed by atoms with Crippen molar-refractivity contribution in [1.29, 1.82) is 0 Å². The summed E-state index contributed by atoms with van der Waals surface area (Å²) in [5.74, 6) is -1.12. The van der Waals surface area contributed by atoms with Crippen LogP contribution >= 0.6 is 15.9 Å². The molecule has 2 aromatic carbocycles. The number of nitrogens with one attached hydrogen (secondary N) is 1. The van der Waals surface area contributed by atoms with E-state index in [9.17, 15) is 8.78 Å². The van der Waals surface area contributed by atoms with E-state index in [2.05, 4.69) is 21.2 Å². The molecular weight excluding hydrogens is 324 g/mol. The first-order valence-corrected chi connectivity index (χ1v) is 7.26. The van der Waals surface area contributed by atoms with Crippen LogP contribution in [-0.4, -0.2) is 6.54 Å². The molecule has 2 aromatic rings. The predicted octanol–water partition coefficient (Wildman–Crippen LogP) is 4.73. The number of hydrogen-bond donors (Lipinski definition) is 1. The molecule has 0 amide bonds. The molecule has 1 N–H and O–H groups in total. The molecule has 0 fully saturated rings. The zero-order chi connectivity index (χ0) is 14.7. The van der Waals surface area contributed by atoms with Gasteiger partial charge in [0.25, 0.3) is 0 Å². The second-order valence-corrected chi connectivity index (χ2v) is 5.56.